The highest BCUT2D eigenvalue weighted by atomic mass is 35.5. The van der Waals surface area contributed by atoms with Gasteiger partial charge < -0.3 is 35.7 Å². The zero-order valence-corrected chi connectivity index (χ0v) is 33.3. The van der Waals surface area contributed by atoms with Gasteiger partial charge in [-0.05, 0) is 60.8 Å². The SMILES string of the molecule is CC(C)(C)[C@@H](NC(=O)[C@@H](Nc1nc2cc(C(F)(F)F)ccc2o1)C1CCCCC1)C(=O)N1C[C@H](Oc2ccc(Cl)cn2)C[C@@H]1C(=O)NC(CC1CCC1)C(=O)C(N)=O. The number of hydrogen-bond acceptors (Lipinski definition) is 10. The number of rotatable bonds is 14. The highest BCUT2D eigenvalue weighted by molar-refractivity contribution is 6.37. The molecular weight excluding hydrogens is 783 g/mol. The van der Waals surface area contributed by atoms with Crippen molar-refractivity contribution in [1.29, 1.82) is 0 Å². The fraction of sp³-hybridized carbons (Fsp3) is 0.575. The van der Waals surface area contributed by atoms with Crippen LogP contribution in [0.2, 0.25) is 5.02 Å². The summed E-state index contributed by atoms with van der Waals surface area (Å²) < 4.78 is 52.1. The summed E-state index contributed by atoms with van der Waals surface area (Å²) in [5, 5.41) is 9.03. The number of pyridine rings is 1. The number of carbonyl (C=O) groups is 5. The van der Waals surface area contributed by atoms with Gasteiger partial charge in [-0.3, -0.25) is 24.0 Å². The number of nitrogens with zero attached hydrogens (tertiary/aromatic N) is 3. The number of ether oxygens (including phenoxy) is 1. The number of hydrogen-bond donors (Lipinski definition) is 4. The minimum absolute atomic E-state index is 0.00632. The molecule has 18 heteroatoms. The molecule has 3 aliphatic rings. The lowest BCUT2D eigenvalue weighted by atomic mass is 9.80. The third kappa shape index (κ3) is 10.2. The zero-order chi connectivity index (χ0) is 41.9. The molecule has 58 heavy (non-hydrogen) atoms. The second-order valence-corrected chi connectivity index (χ2v) is 17.1. The van der Waals surface area contributed by atoms with Crippen LogP contribution in [0.4, 0.5) is 19.2 Å². The van der Waals surface area contributed by atoms with Crippen molar-refractivity contribution in [3.63, 3.8) is 0 Å². The Bertz CT molecular complexity index is 1990. The summed E-state index contributed by atoms with van der Waals surface area (Å²) in [5.41, 5.74) is 3.60. The van der Waals surface area contributed by atoms with Gasteiger partial charge in [0.1, 0.15) is 29.7 Å². The minimum Gasteiger partial charge on any atom is -0.472 e. The van der Waals surface area contributed by atoms with E-state index in [4.69, 9.17) is 26.5 Å². The number of nitrogens with one attached hydrogen (secondary N) is 3. The highest BCUT2D eigenvalue weighted by Gasteiger charge is 2.47. The predicted molar refractivity (Wildman–Crippen MR) is 206 cm³/mol. The molecule has 1 aliphatic heterocycles. The number of primary amides is 1. The molecule has 314 valence electrons. The van der Waals surface area contributed by atoms with Crippen molar-refractivity contribution in [2.45, 2.75) is 121 Å². The third-order valence-electron chi connectivity index (χ3n) is 11.3. The van der Waals surface area contributed by atoms with Crippen molar-refractivity contribution in [2.75, 3.05) is 11.9 Å². The molecule has 0 bridgehead atoms. The van der Waals surface area contributed by atoms with Crippen LogP contribution in [-0.4, -0.2) is 81.1 Å². The highest BCUT2D eigenvalue weighted by Crippen LogP contribution is 2.35. The summed E-state index contributed by atoms with van der Waals surface area (Å²) >= 11 is 6.01. The number of carbonyl (C=O) groups excluding carboxylic acids is 5. The zero-order valence-electron chi connectivity index (χ0n) is 32.6. The second kappa shape index (κ2) is 17.5. The first-order chi connectivity index (χ1) is 27.4. The molecule has 4 amide bonds. The fourth-order valence-corrected chi connectivity index (χ4v) is 8.03. The van der Waals surface area contributed by atoms with Crippen molar-refractivity contribution in [3.05, 3.63) is 47.1 Å². The maximum Gasteiger partial charge on any atom is 0.416 e. The van der Waals surface area contributed by atoms with Gasteiger partial charge in [0.15, 0.2) is 5.58 Å². The molecule has 2 aliphatic carbocycles. The van der Waals surface area contributed by atoms with Gasteiger partial charge in [0.05, 0.1) is 23.2 Å². The molecule has 6 rings (SSSR count). The molecule has 1 aromatic carbocycles. The van der Waals surface area contributed by atoms with Crippen molar-refractivity contribution in [2.24, 2.45) is 23.0 Å². The van der Waals surface area contributed by atoms with Gasteiger partial charge in [0, 0.05) is 18.7 Å². The van der Waals surface area contributed by atoms with Gasteiger partial charge in [0.25, 0.3) is 11.9 Å². The molecule has 3 heterocycles. The van der Waals surface area contributed by atoms with Crippen LogP contribution in [-0.2, 0) is 30.1 Å². The van der Waals surface area contributed by atoms with Crippen LogP contribution in [0.15, 0.2) is 40.9 Å². The van der Waals surface area contributed by atoms with Crippen molar-refractivity contribution in [1.82, 2.24) is 25.5 Å². The summed E-state index contributed by atoms with van der Waals surface area (Å²) in [4.78, 5) is 77.9. The van der Waals surface area contributed by atoms with Gasteiger partial charge in [-0.1, -0.05) is 70.9 Å². The van der Waals surface area contributed by atoms with E-state index in [9.17, 15) is 37.1 Å². The molecule has 2 aromatic heterocycles. The van der Waals surface area contributed by atoms with E-state index >= 15 is 0 Å². The fourth-order valence-electron chi connectivity index (χ4n) is 7.92. The van der Waals surface area contributed by atoms with Gasteiger partial charge >= 0.3 is 6.18 Å². The van der Waals surface area contributed by atoms with E-state index in [1.54, 1.807) is 32.9 Å². The summed E-state index contributed by atoms with van der Waals surface area (Å²) in [7, 11) is 0. The van der Waals surface area contributed by atoms with E-state index in [1.807, 2.05) is 0 Å². The van der Waals surface area contributed by atoms with Crippen molar-refractivity contribution >= 4 is 58.1 Å². The molecule has 5 atom stereocenters. The number of anilines is 1. The van der Waals surface area contributed by atoms with Gasteiger partial charge in [-0.2, -0.15) is 18.2 Å². The number of Topliss-reactive ketones (excluding diaryl/α,β-unsaturated/α-hetero) is 1. The van der Waals surface area contributed by atoms with E-state index < -0.39 is 76.8 Å². The summed E-state index contributed by atoms with van der Waals surface area (Å²) in [6, 6.07) is 1.36. The Balaban J connectivity index is 1.26. The van der Waals surface area contributed by atoms with Gasteiger partial charge in [-0.15, -0.1) is 0 Å². The van der Waals surface area contributed by atoms with Gasteiger partial charge in [0.2, 0.25) is 29.4 Å². The van der Waals surface area contributed by atoms with Gasteiger partial charge in [-0.25, -0.2) is 4.98 Å². The Hall–Kier alpha value is -4.93. The lowest BCUT2D eigenvalue weighted by Crippen LogP contribution is -2.61. The number of halogens is 4. The Labute approximate surface area is 338 Å². The van der Waals surface area contributed by atoms with Crippen LogP contribution in [0.25, 0.3) is 11.1 Å². The molecule has 0 spiro atoms. The van der Waals surface area contributed by atoms with Crippen LogP contribution in [0.3, 0.4) is 0 Å². The lowest BCUT2D eigenvalue weighted by molar-refractivity contribution is -0.145. The average Bonchev–Trinajstić information content (AvgIpc) is 3.77. The number of likely N-dealkylation sites (tertiary alicyclic amines) is 1. The maximum atomic E-state index is 14.8. The molecule has 1 saturated heterocycles. The quantitative estimate of drug-likeness (QED) is 0.149. The molecular formula is C40H49ClF3N7O7. The van der Waals surface area contributed by atoms with Crippen LogP contribution < -0.4 is 26.4 Å². The molecule has 2 saturated carbocycles. The monoisotopic (exact) mass is 831 g/mol. The number of amides is 4. The van der Waals surface area contributed by atoms with Crippen LogP contribution in [0, 0.1) is 17.3 Å². The number of fused-ring (bicyclic) bond motifs is 1. The summed E-state index contributed by atoms with van der Waals surface area (Å²) in [5.74, 6) is -3.87. The Kier molecular flexibility index (Phi) is 12.9. The average molecular weight is 832 g/mol. The molecule has 3 fully saturated rings. The molecule has 3 aromatic rings. The van der Waals surface area contributed by atoms with E-state index in [0.717, 1.165) is 50.7 Å². The maximum absolute atomic E-state index is 14.8. The first-order valence-corrected chi connectivity index (χ1v) is 20.0. The number of alkyl halides is 3. The minimum atomic E-state index is -4.59. The predicted octanol–water partition coefficient (Wildman–Crippen LogP) is 5.56. The van der Waals surface area contributed by atoms with Crippen molar-refractivity contribution in [3.8, 4) is 5.88 Å². The number of nitrogens with two attached hydrogens (primary N) is 1. The van der Waals surface area contributed by atoms with E-state index in [-0.39, 0.29) is 54.2 Å². The summed E-state index contributed by atoms with van der Waals surface area (Å²) in [6.07, 6.45) is 2.90. The Morgan fingerprint density at radius 3 is 2.33 bits per heavy atom. The number of benzene rings is 1. The molecule has 5 N–H and O–H groups in total. The normalized spacial score (nSPS) is 20.8. The first-order valence-electron chi connectivity index (χ1n) is 19.6. The lowest BCUT2D eigenvalue weighted by Gasteiger charge is -2.37. The van der Waals surface area contributed by atoms with Crippen LogP contribution in [0.1, 0.15) is 90.5 Å². The smallest absolute Gasteiger partial charge is 0.416 e. The molecule has 14 nitrogen and oxygen atoms in total. The Morgan fingerprint density at radius 1 is 1.00 bits per heavy atom. The topological polar surface area (TPSA) is 199 Å². The first kappa shape index (κ1) is 42.7. The molecule has 0 radical (unpaired) electrons. The number of oxazole rings is 1. The summed E-state index contributed by atoms with van der Waals surface area (Å²) in [6.45, 7) is 5.19. The second-order valence-electron chi connectivity index (χ2n) is 16.6. The Morgan fingerprint density at radius 2 is 1.72 bits per heavy atom. The van der Waals surface area contributed by atoms with E-state index in [1.165, 1.54) is 17.2 Å². The molecule has 1 unspecified atom stereocenters. The van der Waals surface area contributed by atoms with E-state index in [2.05, 4.69) is 25.9 Å². The third-order valence-corrected chi connectivity index (χ3v) is 11.5. The largest absolute Gasteiger partial charge is 0.472 e. The number of aromatic nitrogens is 2. The standard InChI is InChI=1S/C40H49ClF3N7O7/c1-39(2,3)33(50-36(55)31(22-10-5-4-6-11-22)49-38-48-26-17-23(40(42,43)44)12-14-29(26)58-38)37(56)51-20-25(57-30-15-13-24(41)19-46-30)18-28(51)35(54)47-27(32(52)34(45)53)16-21-8-7-9-21/h12-15,17,19,21-22,25,27-28,31,33H,4-11,16,18,20H2,1-3H3,(H2,45,53)(H,47,54)(H,48,49)(H,50,55)/t25-,27?,28-,31+,33+/m1/s1. The van der Waals surface area contributed by atoms with Crippen molar-refractivity contribution < 1.29 is 46.3 Å². The number of ketones is 1. The van der Waals surface area contributed by atoms with Crippen LogP contribution in [0.5, 0.6) is 5.88 Å². The van der Waals surface area contributed by atoms with E-state index in [0.29, 0.717) is 17.9 Å². The van der Waals surface area contributed by atoms with Crippen LogP contribution >= 0.6 is 11.6 Å².